The number of amides is 2. The first-order chi connectivity index (χ1) is 15.3. The fraction of sp³-hybridized carbons (Fsp3) is 0.240. The molecular formula is C25H28N4O3. The van der Waals surface area contributed by atoms with Crippen LogP contribution in [0.3, 0.4) is 0 Å². The number of hydrogen-bond acceptors (Lipinski definition) is 4. The van der Waals surface area contributed by atoms with Gasteiger partial charge in [-0.05, 0) is 87.0 Å². The maximum absolute atomic E-state index is 12.5. The summed E-state index contributed by atoms with van der Waals surface area (Å²) in [6.07, 6.45) is 0. The summed E-state index contributed by atoms with van der Waals surface area (Å²) in [5.41, 5.74) is 7.92. The summed E-state index contributed by atoms with van der Waals surface area (Å²) in [5.74, 6) is 0.203. The first-order valence-electron chi connectivity index (χ1n) is 10.3. The van der Waals surface area contributed by atoms with Crippen molar-refractivity contribution in [2.45, 2.75) is 20.8 Å². The van der Waals surface area contributed by atoms with Crippen LogP contribution in [0.1, 0.15) is 34.2 Å². The zero-order chi connectivity index (χ0) is 23.3. The quantitative estimate of drug-likeness (QED) is 0.457. The summed E-state index contributed by atoms with van der Waals surface area (Å²) in [7, 11) is 3.36. The number of likely N-dealkylation sites (N-methyl/N-ethyl adjacent to an activating group) is 1. The van der Waals surface area contributed by atoms with E-state index in [9.17, 15) is 9.59 Å². The van der Waals surface area contributed by atoms with Gasteiger partial charge in [-0.1, -0.05) is 0 Å². The van der Waals surface area contributed by atoms with Gasteiger partial charge in [0.05, 0.1) is 5.71 Å². The molecule has 166 valence electrons. The smallest absolute Gasteiger partial charge is 0.271 e. The standard InChI is InChI=1S/C25H28N4O3/c1-17-6-7-18(2)29(17)22-12-8-21(9-13-22)25(31)27-26-19(3)20-10-14-23(15-11-20)32-16-24(30)28(4)5/h6-15H,16H2,1-5H3,(H,27,31)/b26-19+. The summed E-state index contributed by atoms with van der Waals surface area (Å²) in [6, 6.07) is 18.7. The largest absolute Gasteiger partial charge is 0.484 e. The Morgan fingerprint density at radius 3 is 2.03 bits per heavy atom. The number of hydrazone groups is 1. The van der Waals surface area contributed by atoms with E-state index in [4.69, 9.17) is 4.74 Å². The van der Waals surface area contributed by atoms with E-state index >= 15 is 0 Å². The predicted molar refractivity (Wildman–Crippen MR) is 126 cm³/mol. The molecule has 0 radical (unpaired) electrons. The molecule has 0 bridgehead atoms. The van der Waals surface area contributed by atoms with Crippen LogP contribution in [-0.4, -0.2) is 47.7 Å². The second-order valence-electron chi connectivity index (χ2n) is 7.74. The van der Waals surface area contributed by atoms with Crippen molar-refractivity contribution in [1.29, 1.82) is 0 Å². The van der Waals surface area contributed by atoms with Gasteiger partial charge in [0.15, 0.2) is 6.61 Å². The van der Waals surface area contributed by atoms with Crippen molar-refractivity contribution >= 4 is 17.5 Å². The molecule has 2 amide bonds. The molecule has 0 unspecified atom stereocenters. The van der Waals surface area contributed by atoms with Gasteiger partial charge >= 0.3 is 0 Å². The van der Waals surface area contributed by atoms with Crippen LogP contribution in [-0.2, 0) is 4.79 Å². The number of nitrogens with one attached hydrogen (secondary N) is 1. The molecule has 0 saturated heterocycles. The maximum atomic E-state index is 12.5. The lowest BCUT2D eigenvalue weighted by Gasteiger charge is -2.11. The molecule has 7 heteroatoms. The Balaban J connectivity index is 1.60. The normalized spacial score (nSPS) is 11.2. The summed E-state index contributed by atoms with van der Waals surface area (Å²) in [5, 5.41) is 4.21. The van der Waals surface area contributed by atoms with Crippen LogP contribution in [0.2, 0.25) is 0 Å². The Morgan fingerprint density at radius 1 is 0.906 bits per heavy atom. The summed E-state index contributed by atoms with van der Waals surface area (Å²) in [6.45, 7) is 5.89. The lowest BCUT2D eigenvalue weighted by atomic mass is 10.1. The monoisotopic (exact) mass is 432 g/mol. The Morgan fingerprint density at radius 2 is 1.47 bits per heavy atom. The average molecular weight is 433 g/mol. The molecule has 0 aliphatic heterocycles. The van der Waals surface area contributed by atoms with Gasteiger partial charge < -0.3 is 14.2 Å². The highest BCUT2D eigenvalue weighted by Gasteiger charge is 2.09. The van der Waals surface area contributed by atoms with Crippen molar-refractivity contribution in [2.75, 3.05) is 20.7 Å². The minimum absolute atomic E-state index is 0.0161. The number of ether oxygens (including phenoxy) is 1. The van der Waals surface area contributed by atoms with Crippen molar-refractivity contribution in [1.82, 2.24) is 14.9 Å². The van der Waals surface area contributed by atoms with Crippen LogP contribution in [0.25, 0.3) is 5.69 Å². The van der Waals surface area contributed by atoms with Gasteiger partial charge in [0.1, 0.15) is 5.75 Å². The maximum Gasteiger partial charge on any atom is 0.271 e. The first-order valence-corrected chi connectivity index (χ1v) is 10.3. The molecule has 1 heterocycles. The second-order valence-corrected chi connectivity index (χ2v) is 7.74. The number of aromatic nitrogens is 1. The van der Waals surface area contributed by atoms with Crippen molar-refractivity contribution < 1.29 is 14.3 Å². The van der Waals surface area contributed by atoms with Crippen LogP contribution < -0.4 is 10.2 Å². The molecule has 7 nitrogen and oxygen atoms in total. The average Bonchev–Trinajstić information content (AvgIpc) is 3.13. The number of nitrogens with zero attached hydrogens (tertiary/aromatic N) is 3. The van der Waals surface area contributed by atoms with Gasteiger partial charge in [-0.25, -0.2) is 5.43 Å². The van der Waals surface area contributed by atoms with E-state index in [0.717, 1.165) is 22.6 Å². The summed E-state index contributed by atoms with van der Waals surface area (Å²) >= 11 is 0. The molecule has 0 saturated carbocycles. The third-order valence-electron chi connectivity index (χ3n) is 5.12. The highest BCUT2D eigenvalue weighted by Crippen LogP contribution is 2.17. The molecule has 0 aliphatic rings. The zero-order valence-electron chi connectivity index (χ0n) is 19.0. The van der Waals surface area contributed by atoms with E-state index in [-0.39, 0.29) is 18.4 Å². The number of benzene rings is 2. The molecular weight excluding hydrogens is 404 g/mol. The van der Waals surface area contributed by atoms with E-state index in [2.05, 4.69) is 27.2 Å². The van der Waals surface area contributed by atoms with E-state index in [0.29, 0.717) is 17.0 Å². The summed E-state index contributed by atoms with van der Waals surface area (Å²) in [4.78, 5) is 25.6. The van der Waals surface area contributed by atoms with Gasteiger partial charge in [-0.2, -0.15) is 5.10 Å². The van der Waals surface area contributed by atoms with Crippen LogP contribution in [0.15, 0.2) is 65.8 Å². The third kappa shape index (κ3) is 5.43. The van der Waals surface area contributed by atoms with E-state index in [1.807, 2.05) is 45.0 Å². The SMILES string of the molecule is C/C(=N\NC(=O)c1ccc(-n2c(C)ccc2C)cc1)c1ccc(OCC(=O)N(C)C)cc1. The second kappa shape index (κ2) is 9.96. The van der Waals surface area contributed by atoms with Crippen molar-refractivity contribution in [3.63, 3.8) is 0 Å². The van der Waals surface area contributed by atoms with Crippen molar-refractivity contribution in [3.8, 4) is 11.4 Å². The highest BCUT2D eigenvalue weighted by atomic mass is 16.5. The molecule has 32 heavy (non-hydrogen) atoms. The molecule has 3 aromatic rings. The summed E-state index contributed by atoms with van der Waals surface area (Å²) < 4.78 is 7.60. The van der Waals surface area contributed by atoms with E-state index in [1.165, 1.54) is 4.90 Å². The van der Waals surface area contributed by atoms with Crippen LogP contribution in [0.5, 0.6) is 5.75 Å². The molecule has 0 fully saturated rings. The Labute approximate surface area is 188 Å². The molecule has 0 atom stereocenters. The van der Waals surface area contributed by atoms with Gasteiger partial charge in [0, 0.05) is 36.7 Å². The van der Waals surface area contributed by atoms with Gasteiger partial charge in [-0.15, -0.1) is 0 Å². The van der Waals surface area contributed by atoms with Gasteiger partial charge in [0.25, 0.3) is 11.8 Å². The molecule has 1 aromatic heterocycles. The van der Waals surface area contributed by atoms with Gasteiger partial charge in [-0.3, -0.25) is 9.59 Å². The zero-order valence-corrected chi connectivity index (χ0v) is 19.0. The molecule has 0 aliphatic carbocycles. The minimum atomic E-state index is -0.279. The highest BCUT2D eigenvalue weighted by molar-refractivity contribution is 6.01. The van der Waals surface area contributed by atoms with Crippen LogP contribution in [0.4, 0.5) is 0 Å². The fourth-order valence-corrected chi connectivity index (χ4v) is 3.17. The lowest BCUT2D eigenvalue weighted by molar-refractivity contribution is -0.130. The molecule has 2 aromatic carbocycles. The number of aryl methyl sites for hydroxylation is 2. The lowest BCUT2D eigenvalue weighted by Crippen LogP contribution is -2.27. The first kappa shape index (κ1) is 22.8. The topological polar surface area (TPSA) is 75.9 Å². The fourth-order valence-electron chi connectivity index (χ4n) is 3.17. The third-order valence-corrected chi connectivity index (χ3v) is 5.12. The van der Waals surface area contributed by atoms with Crippen LogP contribution >= 0.6 is 0 Å². The van der Waals surface area contributed by atoms with Crippen molar-refractivity contribution in [2.24, 2.45) is 5.10 Å². The predicted octanol–water partition coefficient (Wildman–Crippen LogP) is 3.72. The van der Waals surface area contributed by atoms with E-state index < -0.39 is 0 Å². The van der Waals surface area contributed by atoms with Crippen molar-refractivity contribution in [3.05, 3.63) is 83.2 Å². The Hall–Kier alpha value is -3.87. The number of carbonyl (C=O) groups is 2. The van der Waals surface area contributed by atoms with Gasteiger partial charge in [0.2, 0.25) is 0 Å². The number of rotatable bonds is 7. The number of carbonyl (C=O) groups excluding carboxylic acids is 2. The molecule has 0 spiro atoms. The Bertz CT molecular complexity index is 1110. The molecule has 3 rings (SSSR count). The minimum Gasteiger partial charge on any atom is -0.484 e. The molecule has 1 N–H and O–H groups in total. The number of hydrogen-bond donors (Lipinski definition) is 1. The Kier molecular flexibility index (Phi) is 7.10. The van der Waals surface area contributed by atoms with Crippen LogP contribution in [0, 0.1) is 13.8 Å². The van der Waals surface area contributed by atoms with E-state index in [1.54, 1.807) is 38.4 Å².